The molecular weight excluding hydrogens is 372 g/mol. The standard InChI is InChI=1S/C18H19BrN2O3/c1-24-16-4-2-3-14(9-16)20-17-12(11-22)10-21(18(17)23)15-7-5-13(19)6-8-15/h2-9,12,17,20,22H,10-11H2,1H3/t12-,17-/m1/s1. The van der Waals surface area contributed by atoms with E-state index < -0.39 is 6.04 Å². The molecule has 0 spiro atoms. The van der Waals surface area contributed by atoms with E-state index >= 15 is 0 Å². The first kappa shape index (κ1) is 16.8. The Hall–Kier alpha value is -2.05. The van der Waals surface area contributed by atoms with Gasteiger partial charge in [0.25, 0.3) is 0 Å². The smallest absolute Gasteiger partial charge is 0.249 e. The van der Waals surface area contributed by atoms with Gasteiger partial charge in [0.2, 0.25) is 5.91 Å². The molecular formula is C18H19BrN2O3. The number of nitrogens with one attached hydrogen (secondary N) is 1. The van der Waals surface area contributed by atoms with Gasteiger partial charge in [-0.25, -0.2) is 0 Å². The Morgan fingerprint density at radius 3 is 2.71 bits per heavy atom. The summed E-state index contributed by atoms with van der Waals surface area (Å²) in [6.07, 6.45) is 0. The van der Waals surface area contributed by atoms with Crippen molar-refractivity contribution in [1.29, 1.82) is 0 Å². The number of carbonyl (C=O) groups is 1. The van der Waals surface area contributed by atoms with Gasteiger partial charge in [0.1, 0.15) is 11.8 Å². The number of rotatable bonds is 5. The van der Waals surface area contributed by atoms with Crippen LogP contribution in [-0.2, 0) is 4.79 Å². The Morgan fingerprint density at radius 2 is 2.04 bits per heavy atom. The number of aliphatic hydroxyl groups excluding tert-OH is 1. The summed E-state index contributed by atoms with van der Waals surface area (Å²) in [6, 6.07) is 14.6. The predicted molar refractivity (Wildman–Crippen MR) is 97.5 cm³/mol. The number of anilines is 2. The molecule has 5 nitrogen and oxygen atoms in total. The topological polar surface area (TPSA) is 61.8 Å². The number of methoxy groups -OCH3 is 1. The van der Waals surface area contributed by atoms with Gasteiger partial charge in [0, 0.05) is 34.4 Å². The Morgan fingerprint density at radius 1 is 1.29 bits per heavy atom. The normalized spacial score (nSPS) is 20.3. The SMILES string of the molecule is COc1cccc(N[C@H]2C(=O)N(c3ccc(Br)cc3)C[C@@H]2CO)c1. The van der Waals surface area contributed by atoms with Crippen LogP contribution in [-0.4, -0.2) is 37.3 Å². The third-order valence-corrected chi connectivity index (χ3v) is 4.71. The van der Waals surface area contributed by atoms with Crippen molar-refractivity contribution in [3.05, 3.63) is 53.0 Å². The van der Waals surface area contributed by atoms with Gasteiger partial charge in [-0.15, -0.1) is 0 Å². The number of benzene rings is 2. The van der Waals surface area contributed by atoms with Crippen LogP contribution in [0.4, 0.5) is 11.4 Å². The second-order valence-electron chi connectivity index (χ2n) is 5.72. The van der Waals surface area contributed by atoms with Crippen LogP contribution >= 0.6 is 15.9 Å². The van der Waals surface area contributed by atoms with E-state index in [0.29, 0.717) is 6.54 Å². The number of ether oxygens (including phenoxy) is 1. The van der Waals surface area contributed by atoms with Crippen LogP contribution in [0.5, 0.6) is 5.75 Å². The van der Waals surface area contributed by atoms with Crippen LogP contribution in [0.3, 0.4) is 0 Å². The fourth-order valence-corrected chi connectivity index (χ4v) is 3.15. The summed E-state index contributed by atoms with van der Waals surface area (Å²) in [4.78, 5) is 14.5. The summed E-state index contributed by atoms with van der Waals surface area (Å²) >= 11 is 3.40. The molecule has 1 fully saturated rings. The van der Waals surface area contributed by atoms with Crippen molar-refractivity contribution in [2.75, 3.05) is 30.5 Å². The van der Waals surface area contributed by atoms with Gasteiger partial charge in [0.15, 0.2) is 0 Å². The van der Waals surface area contributed by atoms with Gasteiger partial charge >= 0.3 is 0 Å². The Bertz CT molecular complexity index is 720. The lowest BCUT2D eigenvalue weighted by atomic mass is 10.0. The van der Waals surface area contributed by atoms with E-state index in [2.05, 4.69) is 21.2 Å². The molecule has 1 aliphatic rings. The molecule has 0 bridgehead atoms. The summed E-state index contributed by atoms with van der Waals surface area (Å²) in [5.74, 6) is 0.502. The highest BCUT2D eigenvalue weighted by molar-refractivity contribution is 9.10. The molecule has 2 aromatic rings. The molecule has 0 aromatic heterocycles. The minimum atomic E-state index is -0.467. The highest BCUT2D eigenvalue weighted by atomic mass is 79.9. The molecule has 3 rings (SSSR count). The second-order valence-corrected chi connectivity index (χ2v) is 6.64. The summed E-state index contributed by atoms with van der Waals surface area (Å²) in [5, 5.41) is 12.9. The van der Waals surface area contributed by atoms with E-state index in [1.165, 1.54) is 0 Å². The molecule has 1 heterocycles. The number of amides is 1. The molecule has 0 radical (unpaired) electrons. The maximum absolute atomic E-state index is 12.8. The molecule has 0 unspecified atom stereocenters. The number of nitrogens with zero attached hydrogens (tertiary/aromatic N) is 1. The van der Waals surface area contributed by atoms with Crippen LogP contribution in [0.1, 0.15) is 0 Å². The van der Waals surface area contributed by atoms with Crippen LogP contribution in [0.25, 0.3) is 0 Å². The first-order chi connectivity index (χ1) is 11.6. The van der Waals surface area contributed by atoms with Gasteiger partial charge in [-0.1, -0.05) is 22.0 Å². The van der Waals surface area contributed by atoms with Crippen molar-refractivity contribution >= 4 is 33.2 Å². The number of aliphatic hydroxyl groups is 1. The zero-order valence-electron chi connectivity index (χ0n) is 13.3. The number of carbonyl (C=O) groups excluding carboxylic acids is 1. The average Bonchev–Trinajstić information content (AvgIpc) is 2.92. The highest BCUT2D eigenvalue weighted by Gasteiger charge is 2.40. The van der Waals surface area contributed by atoms with E-state index in [9.17, 15) is 9.90 Å². The van der Waals surface area contributed by atoms with Crippen molar-refractivity contribution in [1.82, 2.24) is 0 Å². The van der Waals surface area contributed by atoms with E-state index in [1.54, 1.807) is 12.0 Å². The largest absolute Gasteiger partial charge is 0.497 e. The fourth-order valence-electron chi connectivity index (χ4n) is 2.89. The van der Waals surface area contributed by atoms with Gasteiger partial charge in [-0.3, -0.25) is 4.79 Å². The van der Waals surface area contributed by atoms with Crippen molar-refractivity contribution < 1.29 is 14.6 Å². The van der Waals surface area contributed by atoms with Crippen molar-refractivity contribution in [3.63, 3.8) is 0 Å². The number of hydrogen-bond acceptors (Lipinski definition) is 4. The monoisotopic (exact) mass is 390 g/mol. The van der Waals surface area contributed by atoms with Gasteiger partial charge in [-0.2, -0.15) is 0 Å². The lowest BCUT2D eigenvalue weighted by molar-refractivity contribution is -0.118. The molecule has 126 valence electrons. The molecule has 0 saturated carbocycles. The quantitative estimate of drug-likeness (QED) is 0.823. The van der Waals surface area contributed by atoms with Crippen molar-refractivity contribution in [2.45, 2.75) is 6.04 Å². The number of hydrogen-bond donors (Lipinski definition) is 2. The molecule has 2 N–H and O–H groups in total. The lowest BCUT2D eigenvalue weighted by Gasteiger charge is -2.18. The van der Waals surface area contributed by atoms with E-state index in [4.69, 9.17) is 4.74 Å². The van der Waals surface area contributed by atoms with Gasteiger partial charge < -0.3 is 20.1 Å². The van der Waals surface area contributed by atoms with Crippen LogP contribution < -0.4 is 15.0 Å². The summed E-state index contributed by atoms with van der Waals surface area (Å²) in [6.45, 7) is 0.430. The highest BCUT2D eigenvalue weighted by Crippen LogP contribution is 2.29. The molecule has 6 heteroatoms. The molecule has 2 aromatic carbocycles. The Kier molecular flexibility index (Phi) is 5.06. The molecule has 0 aliphatic carbocycles. The maximum Gasteiger partial charge on any atom is 0.249 e. The minimum absolute atomic E-state index is 0.0424. The second kappa shape index (κ2) is 7.23. The third-order valence-electron chi connectivity index (χ3n) is 4.19. The maximum atomic E-state index is 12.8. The van der Waals surface area contributed by atoms with Crippen LogP contribution in [0, 0.1) is 5.92 Å². The fraction of sp³-hybridized carbons (Fsp3) is 0.278. The summed E-state index contributed by atoms with van der Waals surface area (Å²) in [5.41, 5.74) is 1.63. The average molecular weight is 391 g/mol. The summed E-state index contributed by atoms with van der Waals surface area (Å²) in [7, 11) is 1.60. The van der Waals surface area contributed by atoms with Crippen LogP contribution in [0.15, 0.2) is 53.0 Å². The van der Waals surface area contributed by atoms with Gasteiger partial charge in [0.05, 0.1) is 13.7 Å². The molecule has 1 amide bonds. The van der Waals surface area contributed by atoms with E-state index in [0.717, 1.165) is 21.6 Å². The van der Waals surface area contributed by atoms with E-state index in [-0.39, 0.29) is 18.4 Å². The van der Waals surface area contributed by atoms with Crippen molar-refractivity contribution in [3.8, 4) is 5.75 Å². The zero-order chi connectivity index (χ0) is 17.1. The zero-order valence-corrected chi connectivity index (χ0v) is 14.9. The first-order valence-corrected chi connectivity index (χ1v) is 8.50. The number of halogens is 1. The molecule has 1 saturated heterocycles. The Labute approximate surface area is 149 Å². The lowest BCUT2D eigenvalue weighted by Crippen LogP contribution is -2.36. The first-order valence-electron chi connectivity index (χ1n) is 7.71. The summed E-state index contributed by atoms with van der Waals surface area (Å²) < 4.78 is 6.17. The molecule has 1 aliphatic heterocycles. The Balaban J connectivity index is 1.81. The van der Waals surface area contributed by atoms with Crippen LogP contribution in [0.2, 0.25) is 0 Å². The predicted octanol–water partition coefficient (Wildman–Crippen LogP) is 2.89. The minimum Gasteiger partial charge on any atom is -0.497 e. The van der Waals surface area contributed by atoms with E-state index in [1.807, 2.05) is 48.5 Å². The third kappa shape index (κ3) is 3.39. The molecule has 2 atom stereocenters. The molecule has 24 heavy (non-hydrogen) atoms. The van der Waals surface area contributed by atoms with Crippen molar-refractivity contribution in [2.24, 2.45) is 5.92 Å². The van der Waals surface area contributed by atoms with Gasteiger partial charge in [-0.05, 0) is 36.4 Å².